The van der Waals surface area contributed by atoms with Gasteiger partial charge in [-0.25, -0.2) is 17.9 Å². The lowest BCUT2D eigenvalue weighted by Crippen LogP contribution is -2.27. The second-order valence-electron chi connectivity index (χ2n) is 12.7. The van der Waals surface area contributed by atoms with Crippen LogP contribution >= 0.6 is 11.6 Å². The molecule has 1 heterocycles. The Balaban J connectivity index is 1.27. The Hall–Kier alpha value is -5.67. The summed E-state index contributed by atoms with van der Waals surface area (Å²) in [5.41, 5.74) is 6.99. The molecule has 0 unspecified atom stereocenters. The molecule has 9 heteroatoms. The maximum absolute atomic E-state index is 13.8. The lowest BCUT2D eigenvalue weighted by Gasteiger charge is -2.25. The molecule has 0 bridgehead atoms. The number of aromatic carboxylic acids is 1. The second-order valence-corrected chi connectivity index (χ2v) is 14.9. The van der Waals surface area contributed by atoms with Crippen molar-refractivity contribution < 1.29 is 23.1 Å². The van der Waals surface area contributed by atoms with E-state index in [9.17, 15) is 18.3 Å². The van der Waals surface area contributed by atoms with Crippen LogP contribution in [0.5, 0.6) is 5.75 Å². The van der Waals surface area contributed by atoms with Crippen LogP contribution in [0.3, 0.4) is 0 Å². The number of carboxylic acids is 1. The van der Waals surface area contributed by atoms with E-state index in [1.54, 1.807) is 30.3 Å². The highest BCUT2D eigenvalue weighted by Gasteiger charge is 2.26. The van der Waals surface area contributed by atoms with E-state index in [-0.39, 0.29) is 23.0 Å². The van der Waals surface area contributed by atoms with Crippen LogP contribution in [0.25, 0.3) is 22.0 Å². The highest BCUT2D eigenvalue weighted by molar-refractivity contribution is 7.89. The molecule has 7 nitrogen and oxygen atoms in total. The van der Waals surface area contributed by atoms with E-state index in [2.05, 4.69) is 33.6 Å². The van der Waals surface area contributed by atoms with Crippen LogP contribution in [0.2, 0.25) is 5.02 Å². The molecule has 0 spiro atoms. The molecule has 0 aliphatic rings. The predicted octanol–water partition coefficient (Wildman–Crippen LogP) is 9.44. The number of carboxylic acid groups (broad SMARTS) is 1. The third-order valence-electron chi connectivity index (χ3n) is 9.30. The molecule has 0 amide bonds. The monoisotopic (exact) mass is 740 g/mol. The average Bonchev–Trinajstić information content (AvgIpc) is 3.47. The van der Waals surface area contributed by atoms with Crippen LogP contribution in [0, 0.1) is 0 Å². The number of nitrogens with one attached hydrogen (secondary N) is 1. The van der Waals surface area contributed by atoms with Gasteiger partial charge in [0.15, 0.2) is 0 Å². The van der Waals surface area contributed by atoms with Crippen molar-refractivity contribution >= 4 is 38.5 Å². The van der Waals surface area contributed by atoms with E-state index in [0.29, 0.717) is 30.2 Å². The van der Waals surface area contributed by atoms with Gasteiger partial charge in [-0.3, -0.25) is 0 Å². The van der Waals surface area contributed by atoms with Crippen LogP contribution in [0.4, 0.5) is 0 Å². The Kier molecular flexibility index (Phi) is 10.7. The van der Waals surface area contributed by atoms with Crippen molar-refractivity contribution in [2.75, 3.05) is 13.2 Å². The number of ether oxygens (including phenoxy) is 1. The molecule has 0 saturated heterocycles. The summed E-state index contributed by atoms with van der Waals surface area (Å²) in [5.74, 6) is -0.452. The van der Waals surface area contributed by atoms with Crippen molar-refractivity contribution in [3.63, 3.8) is 0 Å². The van der Waals surface area contributed by atoms with Crippen LogP contribution in [-0.2, 0) is 22.9 Å². The molecule has 7 rings (SSSR count). The lowest BCUT2D eigenvalue weighted by molar-refractivity contribution is 0.0697. The van der Waals surface area contributed by atoms with Crippen molar-refractivity contribution in [2.24, 2.45) is 0 Å². The summed E-state index contributed by atoms with van der Waals surface area (Å²) in [4.78, 5) is 11.6. The van der Waals surface area contributed by atoms with Gasteiger partial charge in [-0.15, -0.1) is 0 Å². The number of aromatic nitrogens is 1. The number of benzene rings is 6. The van der Waals surface area contributed by atoms with Crippen LogP contribution < -0.4 is 9.46 Å². The molecule has 2 N–H and O–H groups in total. The summed E-state index contributed by atoms with van der Waals surface area (Å²) in [6.45, 7) is 0.438. The fraction of sp³-hybridized carbons (Fsp3) is 0.114. The number of rotatable bonds is 14. The van der Waals surface area contributed by atoms with Crippen LogP contribution in [0.1, 0.15) is 38.8 Å². The van der Waals surface area contributed by atoms with Crippen LogP contribution in [-0.4, -0.2) is 37.2 Å². The molecular formula is C44H37ClN2O5S. The van der Waals surface area contributed by atoms with Crippen molar-refractivity contribution in [2.45, 2.75) is 23.8 Å². The number of halogens is 1. The van der Waals surface area contributed by atoms with E-state index in [4.69, 9.17) is 16.3 Å². The molecule has 0 saturated carbocycles. The Morgan fingerprint density at radius 1 is 0.717 bits per heavy atom. The summed E-state index contributed by atoms with van der Waals surface area (Å²) < 4.78 is 38.9. The predicted molar refractivity (Wildman–Crippen MR) is 210 cm³/mol. The average molecular weight is 741 g/mol. The molecule has 53 heavy (non-hydrogen) atoms. The molecule has 7 aromatic rings. The molecule has 0 fully saturated rings. The molecule has 1 aromatic heterocycles. The fourth-order valence-electron chi connectivity index (χ4n) is 6.84. The number of fused-ring (bicyclic) bond motifs is 1. The van der Waals surface area contributed by atoms with Gasteiger partial charge >= 0.3 is 5.97 Å². The molecule has 0 aliphatic carbocycles. The first-order chi connectivity index (χ1) is 25.8. The first-order valence-electron chi connectivity index (χ1n) is 17.3. The van der Waals surface area contributed by atoms with Gasteiger partial charge in [0.1, 0.15) is 5.75 Å². The minimum Gasteiger partial charge on any atom is -0.493 e. The summed E-state index contributed by atoms with van der Waals surface area (Å²) in [7, 11) is -3.86. The largest absolute Gasteiger partial charge is 0.493 e. The van der Waals surface area contributed by atoms with E-state index in [0.717, 1.165) is 44.4 Å². The van der Waals surface area contributed by atoms with Crippen LogP contribution in [0.15, 0.2) is 163 Å². The first kappa shape index (κ1) is 35.7. The van der Waals surface area contributed by atoms with E-state index >= 15 is 0 Å². The van der Waals surface area contributed by atoms with Gasteiger partial charge in [0, 0.05) is 41.0 Å². The van der Waals surface area contributed by atoms with E-state index in [1.807, 2.05) is 91.0 Å². The Bertz CT molecular complexity index is 2410. The zero-order chi connectivity index (χ0) is 36.8. The SMILES string of the molecule is O=C(O)c1ccc(OCCc2c(CCNS(=O)(=O)c3cccc(-c4ccccc4)c3)n(C(c3ccccc3)c3ccccc3)c3ccc(Cl)cc23)cc1. The van der Waals surface area contributed by atoms with Gasteiger partial charge in [0.2, 0.25) is 10.0 Å². The zero-order valence-electron chi connectivity index (χ0n) is 28.7. The van der Waals surface area contributed by atoms with Gasteiger partial charge in [0.05, 0.1) is 23.1 Å². The Labute approximate surface area is 314 Å². The maximum atomic E-state index is 13.8. The van der Waals surface area contributed by atoms with Gasteiger partial charge in [-0.05, 0) is 82.4 Å². The van der Waals surface area contributed by atoms with E-state index in [1.165, 1.54) is 12.1 Å². The maximum Gasteiger partial charge on any atom is 0.335 e. The summed E-state index contributed by atoms with van der Waals surface area (Å²) in [5, 5.41) is 10.9. The molecule has 266 valence electrons. The Morgan fingerprint density at radius 3 is 1.98 bits per heavy atom. The second kappa shape index (κ2) is 15.9. The quantitative estimate of drug-likeness (QED) is 0.116. The van der Waals surface area contributed by atoms with Gasteiger partial charge in [-0.1, -0.05) is 115 Å². The van der Waals surface area contributed by atoms with Gasteiger partial charge < -0.3 is 14.4 Å². The van der Waals surface area contributed by atoms with Crippen molar-refractivity contribution in [3.8, 4) is 16.9 Å². The summed E-state index contributed by atoms with van der Waals surface area (Å²) in [6, 6.07) is 49.1. The first-order valence-corrected chi connectivity index (χ1v) is 19.2. The number of nitrogens with zero attached hydrogens (tertiary/aromatic N) is 1. The third kappa shape index (κ3) is 8.05. The molecule has 0 radical (unpaired) electrons. The smallest absolute Gasteiger partial charge is 0.335 e. The van der Waals surface area contributed by atoms with Crippen molar-refractivity contribution in [3.05, 3.63) is 191 Å². The molecule has 6 aromatic carbocycles. The fourth-order valence-corrected chi connectivity index (χ4v) is 8.09. The number of hydrogen-bond acceptors (Lipinski definition) is 4. The Morgan fingerprint density at radius 2 is 1.34 bits per heavy atom. The van der Waals surface area contributed by atoms with E-state index < -0.39 is 16.0 Å². The summed E-state index contributed by atoms with van der Waals surface area (Å²) >= 11 is 6.65. The minimum absolute atomic E-state index is 0.142. The molecule has 0 atom stereocenters. The van der Waals surface area contributed by atoms with Crippen molar-refractivity contribution in [1.29, 1.82) is 0 Å². The number of carbonyl (C=O) groups is 1. The third-order valence-corrected chi connectivity index (χ3v) is 11.0. The number of hydrogen-bond donors (Lipinski definition) is 2. The minimum atomic E-state index is -3.86. The molecule has 0 aliphatic heterocycles. The highest BCUT2D eigenvalue weighted by Crippen LogP contribution is 2.38. The zero-order valence-corrected chi connectivity index (χ0v) is 30.3. The standard InChI is InChI=1S/C44H37ClN2O5S/c45-36-21-24-41-40(30-36)39(26-28-52-37-22-19-34(20-23-37)44(48)49)42(47(41)43(32-13-6-2-7-14-32)33-15-8-3-9-16-33)25-27-46-53(50,51)38-18-10-17-35(29-38)31-11-4-1-5-12-31/h1-24,29-30,43,46H,25-28H2,(H,48,49). The molecular weight excluding hydrogens is 704 g/mol. The highest BCUT2D eigenvalue weighted by atomic mass is 35.5. The topological polar surface area (TPSA) is 97.6 Å². The number of sulfonamides is 1. The normalized spacial score (nSPS) is 11.6. The van der Waals surface area contributed by atoms with Gasteiger partial charge in [0.25, 0.3) is 0 Å². The lowest BCUT2D eigenvalue weighted by atomic mass is 9.97. The summed E-state index contributed by atoms with van der Waals surface area (Å²) in [6.07, 6.45) is 0.866. The van der Waals surface area contributed by atoms with Crippen molar-refractivity contribution in [1.82, 2.24) is 9.29 Å². The van der Waals surface area contributed by atoms with Gasteiger partial charge in [-0.2, -0.15) is 0 Å².